The van der Waals surface area contributed by atoms with Crippen LogP contribution in [0.4, 0.5) is 0 Å². The van der Waals surface area contributed by atoms with E-state index in [9.17, 15) is 0 Å². The molecule has 4 heteroatoms. The first-order valence-electron chi connectivity index (χ1n) is 6.77. The molecule has 0 aliphatic heterocycles. The zero-order valence-corrected chi connectivity index (χ0v) is 12.8. The van der Waals surface area contributed by atoms with E-state index in [0.717, 1.165) is 18.9 Å². The summed E-state index contributed by atoms with van der Waals surface area (Å²) in [6.07, 6.45) is 7.71. The Labute approximate surface area is 108 Å². The van der Waals surface area contributed by atoms with E-state index < -0.39 is 8.80 Å². The average Bonchev–Trinajstić information content (AvgIpc) is 2.30. The molecule has 102 valence electrons. The molecule has 0 saturated carbocycles. The van der Waals surface area contributed by atoms with Crippen LogP contribution >= 0.6 is 0 Å². The summed E-state index contributed by atoms with van der Waals surface area (Å²) in [6, 6.07) is 0.931. The molecule has 0 aliphatic carbocycles. The highest BCUT2D eigenvalue weighted by atomic mass is 28.4. The maximum absolute atomic E-state index is 5.79. The molecule has 3 nitrogen and oxygen atoms in total. The molecule has 0 fully saturated rings. The zero-order valence-electron chi connectivity index (χ0n) is 11.8. The van der Waals surface area contributed by atoms with E-state index in [-0.39, 0.29) is 0 Å². The van der Waals surface area contributed by atoms with Gasteiger partial charge in [-0.3, -0.25) is 0 Å². The van der Waals surface area contributed by atoms with Crippen molar-refractivity contribution in [1.82, 2.24) is 0 Å². The molecule has 0 bridgehead atoms. The lowest BCUT2D eigenvalue weighted by atomic mass is 10.2. The first-order chi connectivity index (χ1) is 8.24. The Kier molecular flexibility index (Phi) is 10.9. The Morgan fingerprint density at radius 3 is 1.82 bits per heavy atom. The summed E-state index contributed by atoms with van der Waals surface area (Å²) in [6.45, 7) is 10.1. The largest absolute Gasteiger partial charge is 0.500 e. The van der Waals surface area contributed by atoms with Crippen LogP contribution < -0.4 is 0 Å². The minimum Gasteiger partial charge on any atom is -0.374 e. The third-order valence-corrected chi connectivity index (χ3v) is 5.58. The third-order valence-electron chi connectivity index (χ3n) is 2.43. The number of rotatable bonds is 11. The minimum atomic E-state index is -2.38. The molecule has 0 atom stereocenters. The van der Waals surface area contributed by atoms with Gasteiger partial charge in [-0.15, -0.1) is 0 Å². The zero-order chi connectivity index (χ0) is 13.0. The van der Waals surface area contributed by atoms with Gasteiger partial charge in [0.05, 0.1) is 0 Å². The van der Waals surface area contributed by atoms with Gasteiger partial charge in [0.15, 0.2) is 0 Å². The van der Waals surface area contributed by atoms with Crippen molar-refractivity contribution in [1.29, 1.82) is 0 Å². The molecule has 0 saturated heterocycles. The van der Waals surface area contributed by atoms with Crippen LogP contribution in [-0.2, 0) is 13.3 Å². The number of hydrogen-bond donors (Lipinski definition) is 0. The Morgan fingerprint density at radius 1 is 0.882 bits per heavy atom. The second-order valence-corrected chi connectivity index (χ2v) is 6.53. The highest BCUT2D eigenvalue weighted by Gasteiger charge is 2.39. The Bertz CT molecular complexity index is 178. The van der Waals surface area contributed by atoms with Gasteiger partial charge in [-0.2, -0.15) is 0 Å². The smallest absolute Gasteiger partial charge is 0.374 e. The summed E-state index contributed by atoms with van der Waals surface area (Å²) >= 11 is 0. The van der Waals surface area contributed by atoms with Gasteiger partial charge in [-0.25, -0.2) is 0 Å². The van der Waals surface area contributed by atoms with E-state index >= 15 is 0 Å². The molecular weight excluding hydrogens is 232 g/mol. The van der Waals surface area contributed by atoms with Crippen molar-refractivity contribution in [2.75, 3.05) is 19.8 Å². The first-order valence-corrected chi connectivity index (χ1v) is 8.70. The van der Waals surface area contributed by atoms with Crippen LogP contribution in [0.15, 0.2) is 12.2 Å². The van der Waals surface area contributed by atoms with Crippen molar-refractivity contribution in [2.45, 2.75) is 53.0 Å². The number of hydrogen-bond acceptors (Lipinski definition) is 3. The molecule has 0 radical (unpaired) electrons. The predicted molar refractivity (Wildman–Crippen MR) is 74.1 cm³/mol. The van der Waals surface area contributed by atoms with Crippen LogP contribution in [0, 0.1) is 0 Å². The van der Waals surface area contributed by atoms with Gasteiger partial charge in [0.1, 0.15) is 0 Å². The van der Waals surface area contributed by atoms with Crippen LogP contribution in [0.3, 0.4) is 0 Å². The molecular formula is C13H28O3Si. The van der Waals surface area contributed by atoms with E-state index in [2.05, 4.69) is 19.1 Å². The molecule has 0 spiro atoms. The SMILES string of the molecule is CC=CCCCC[Si](OCC)(OCC)OCC. The fourth-order valence-electron chi connectivity index (χ4n) is 1.77. The fourth-order valence-corrected chi connectivity index (χ4v) is 4.46. The van der Waals surface area contributed by atoms with E-state index in [1.165, 1.54) is 6.42 Å². The summed E-state index contributed by atoms with van der Waals surface area (Å²) < 4.78 is 17.4. The Hall–Kier alpha value is -0.163. The van der Waals surface area contributed by atoms with Crippen molar-refractivity contribution in [3.8, 4) is 0 Å². The highest BCUT2D eigenvalue weighted by molar-refractivity contribution is 6.60. The second-order valence-electron chi connectivity index (χ2n) is 3.80. The molecule has 0 unspecified atom stereocenters. The number of allylic oxidation sites excluding steroid dienone is 2. The Morgan fingerprint density at radius 2 is 1.41 bits per heavy atom. The van der Waals surface area contributed by atoms with Gasteiger partial charge in [-0.05, 0) is 47.0 Å². The van der Waals surface area contributed by atoms with Crippen molar-refractivity contribution in [3.05, 3.63) is 12.2 Å². The molecule has 0 aromatic carbocycles. The molecule has 0 aromatic heterocycles. The minimum absolute atomic E-state index is 0.668. The highest BCUT2D eigenvalue weighted by Crippen LogP contribution is 2.19. The molecule has 0 aromatic rings. The van der Waals surface area contributed by atoms with Gasteiger partial charge in [-0.1, -0.05) is 12.2 Å². The van der Waals surface area contributed by atoms with Crippen LogP contribution in [0.2, 0.25) is 6.04 Å². The van der Waals surface area contributed by atoms with Gasteiger partial charge in [0.25, 0.3) is 0 Å². The van der Waals surface area contributed by atoms with Crippen molar-refractivity contribution in [3.63, 3.8) is 0 Å². The molecule has 17 heavy (non-hydrogen) atoms. The van der Waals surface area contributed by atoms with Crippen molar-refractivity contribution < 1.29 is 13.3 Å². The van der Waals surface area contributed by atoms with Crippen LogP contribution in [0.5, 0.6) is 0 Å². The van der Waals surface area contributed by atoms with E-state index in [0.29, 0.717) is 19.8 Å². The maximum atomic E-state index is 5.79. The average molecular weight is 260 g/mol. The molecule has 0 amide bonds. The quantitative estimate of drug-likeness (QED) is 0.321. The summed E-state index contributed by atoms with van der Waals surface area (Å²) in [5.41, 5.74) is 0. The summed E-state index contributed by atoms with van der Waals surface area (Å²) in [5, 5.41) is 0. The topological polar surface area (TPSA) is 27.7 Å². The summed E-state index contributed by atoms with van der Waals surface area (Å²) in [7, 11) is -2.38. The van der Waals surface area contributed by atoms with Gasteiger partial charge in [0.2, 0.25) is 0 Å². The Balaban J connectivity index is 4.13. The molecule has 0 N–H and O–H groups in total. The van der Waals surface area contributed by atoms with E-state index in [1.807, 2.05) is 20.8 Å². The van der Waals surface area contributed by atoms with Gasteiger partial charge < -0.3 is 13.3 Å². The molecule has 0 aliphatic rings. The monoisotopic (exact) mass is 260 g/mol. The number of unbranched alkanes of at least 4 members (excludes halogenated alkanes) is 2. The third kappa shape index (κ3) is 7.71. The van der Waals surface area contributed by atoms with Crippen molar-refractivity contribution >= 4 is 8.80 Å². The van der Waals surface area contributed by atoms with Crippen LogP contribution in [0.25, 0.3) is 0 Å². The van der Waals surface area contributed by atoms with Gasteiger partial charge >= 0.3 is 8.80 Å². The normalized spacial score (nSPS) is 12.5. The van der Waals surface area contributed by atoms with Crippen molar-refractivity contribution in [2.24, 2.45) is 0 Å². The predicted octanol–water partition coefficient (Wildman–Crippen LogP) is 3.78. The lowest BCUT2D eigenvalue weighted by Crippen LogP contribution is -2.45. The summed E-state index contributed by atoms with van der Waals surface area (Å²) in [4.78, 5) is 0. The lowest BCUT2D eigenvalue weighted by Gasteiger charge is -2.28. The molecule has 0 rings (SSSR count). The summed E-state index contributed by atoms with van der Waals surface area (Å²) in [5.74, 6) is 0. The van der Waals surface area contributed by atoms with Crippen LogP contribution in [-0.4, -0.2) is 28.6 Å². The van der Waals surface area contributed by atoms with E-state index in [4.69, 9.17) is 13.3 Å². The molecule has 0 heterocycles. The second kappa shape index (κ2) is 11.0. The van der Waals surface area contributed by atoms with Gasteiger partial charge in [0, 0.05) is 25.9 Å². The first kappa shape index (κ1) is 16.8. The fraction of sp³-hybridized carbons (Fsp3) is 0.846. The lowest BCUT2D eigenvalue weighted by molar-refractivity contribution is 0.0707. The standard InChI is InChI=1S/C13H28O3Si/c1-5-9-10-11-12-13-17(14-6-2,15-7-3)16-8-4/h5,9H,6-8,10-13H2,1-4H3. The maximum Gasteiger partial charge on any atom is 0.500 e. The van der Waals surface area contributed by atoms with E-state index in [1.54, 1.807) is 0 Å². The van der Waals surface area contributed by atoms with Crippen LogP contribution in [0.1, 0.15) is 47.0 Å².